The van der Waals surface area contributed by atoms with E-state index in [0.29, 0.717) is 0 Å². The van der Waals surface area contributed by atoms with Gasteiger partial charge in [0.15, 0.2) is 0 Å². The maximum absolute atomic E-state index is 3.95. The molecular weight excluding hydrogens is 230 g/mol. The zero-order valence-electron chi connectivity index (χ0n) is 13.7. The quantitative estimate of drug-likeness (QED) is 0.244. The molecule has 0 amide bonds. The summed E-state index contributed by atoms with van der Waals surface area (Å²) in [7, 11) is 0. The average molecular weight is 266 g/mol. The van der Waals surface area contributed by atoms with Crippen LogP contribution in [0.15, 0.2) is 25.3 Å². The van der Waals surface area contributed by atoms with Crippen molar-refractivity contribution in [3.8, 4) is 0 Å². The SMILES string of the molecule is C=CC[N+](CC=C)(CCC)CC(C)CCCCCC. The molecule has 112 valence electrons. The minimum Gasteiger partial charge on any atom is -0.317 e. The molecule has 0 aliphatic rings. The van der Waals surface area contributed by atoms with Gasteiger partial charge in [-0.1, -0.05) is 59.6 Å². The van der Waals surface area contributed by atoms with Crippen molar-refractivity contribution in [1.29, 1.82) is 0 Å². The highest BCUT2D eigenvalue weighted by atomic mass is 15.3. The van der Waals surface area contributed by atoms with Crippen molar-refractivity contribution in [3.63, 3.8) is 0 Å². The van der Waals surface area contributed by atoms with Gasteiger partial charge in [-0.25, -0.2) is 0 Å². The third kappa shape index (κ3) is 8.26. The van der Waals surface area contributed by atoms with Crippen LogP contribution >= 0.6 is 0 Å². The Morgan fingerprint density at radius 1 is 0.947 bits per heavy atom. The van der Waals surface area contributed by atoms with Crippen LogP contribution in [0.4, 0.5) is 0 Å². The Hall–Kier alpha value is -0.560. The number of unbranched alkanes of at least 4 members (excludes halogenated alkanes) is 3. The van der Waals surface area contributed by atoms with Gasteiger partial charge in [0.1, 0.15) is 0 Å². The normalized spacial score (nSPS) is 13.2. The molecule has 0 radical (unpaired) electrons. The first-order valence-corrected chi connectivity index (χ1v) is 8.21. The molecule has 0 spiro atoms. The van der Waals surface area contributed by atoms with Gasteiger partial charge in [0.2, 0.25) is 0 Å². The monoisotopic (exact) mass is 266 g/mol. The third-order valence-electron chi connectivity index (χ3n) is 3.98. The molecule has 0 aromatic heterocycles. The lowest BCUT2D eigenvalue weighted by Crippen LogP contribution is -2.51. The van der Waals surface area contributed by atoms with Crippen LogP contribution in [0, 0.1) is 5.92 Å². The molecule has 0 saturated carbocycles. The lowest BCUT2D eigenvalue weighted by molar-refractivity contribution is -0.920. The fraction of sp³-hybridized carbons (Fsp3) is 0.778. The summed E-state index contributed by atoms with van der Waals surface area (Å²) in [5.41, 5.74) is 0. The third-order valence-corrected chi connectivity index (χ3v) is 3.98. The van der Waals surface area contributed by atoms with Crippen molar-refractivity contribution in [3.05, 3.63) is 25.3 Å². The first kappa shape index (κ1) is 18.4. The molecule has 0 saturated heterocycles. The maximum Gasteiger partial charge on any atom is 0.0973 e. The van der Waals surface area contributed by atoms with E-state index < -0.39 is 0 Å². The molecule has 1 heteroatoms. The Kier molecular flexibility index (Phi) is 10.9. The van der Waals surface area contributed by atoms with Gasteiger partial charge < -0.3 is 4.48 Å². The molecule has 19 heavy (non-hydrogen) atoms. The van der Waals surface area contributed by atoms with Gasteiger partial charge in [-0.05, 0) is 25.0 Å². The molecule has 0 rings (SSSR count). The van der Waals surface area contributed by atoms with E-state index >= 15 is 0 Å². The van der Waals surface area contributed by atoms with E-state index in [9.17, 15) is 0 Å². The maximum atomic E-state index is 3.95. The molecular formula is C18H36N+. The lowest BCUT2D eigenvalue weighted by Gasteiger charge is -2.39. The molecule has 0 aromatic rings. The number of quaternary nitrogens is 1. The summed E-state index contributed by atoms with van der Waals surface area (Å²) in [6.45, 7) is 19.6. The summed E-state index contributed by atoms with van der Waals surface area (Å²) >= 11 is 0. The van der Waals surface area contributed by atoms with E-state index in [4.69, 9.17) is 0 Å². The van der Waals surface area contributed by atoms with Crippen LogP contribution in [0.25, 0.3) is 0 Å². The van der Waals surface area contributed by atoms with Gasteiger partial charge in [-0.3, -0.25) is 0 Å². The largest absolute Gasteiger partial charge is 0.317 e. The van der Waals surface area contributed by atoms with Gasteiger partial charge in [0.25, 0.3) is 0 Å². The molecule has 0 aromatic carbocycles. The second-order valence-electron chi connectivity index (χ2n) is 6.14. The Morgan fingerprint density at radius 2 is 1.58 bits per heavy atom. The lowest BCUT2D eigenvalue weighted by atomic mass is 10.0. The minimum atomic E-state index is 0.809. The zero-order valence-corrected chi connectivity index (χ0v) is 13.7. The Labute approximate surface area is 122 Å². The van der Waals surface area contributed by atoms with Crippen molar-refractivity contribution in [2.45, 2.75) is 59.3 Å². The fourth-order valence-electron chi connectivity index (χ4n) is 3.19. The second kappa shape index (κ2) is 11.3. The predicted molar refractivity (Wildman–Crippen MR) is 88.3 cm³/mol. The van der Waals surface area contributed by atoms with Crippen LogP contribution in [0.1, 0.15) is 59.3 Å². The highest BCUT2D eigenvalue weighted by Crippen LogP contribution is 2.18. The van der Waals surface area contributed by atoms with Crippen LogP contribution in [0.5, 0.6) is 0 Å². The van der Waals surface area contributed by atoms with Gasteiger partial charge in [-0.2, -0.15) is 0 Å². The first-order chi connectivity index (χ1) is 9.14. The van der Waals surface area contributed by atoms with E-state index in [1.54, 1.807) is 0 Å². The van der Waals surface area contributed by atoms with Crippen LogP contribution in [0.2, 0.25) is 0 Å². The number of nitrogens with zero attached hydrogens (tertiary/aromatic N) is 1. The molecule has 1 atom stereocenters. The summed E-state index contributed by atoms with van der Waals surface area (Å²) in [5, 5.41) is 0. The predicted octanol–water partition coefficient (Wildman–Crippen LogP) is 5.19. The van der Waals surface area contributed by atoms with E-state index in [2.05, 4.69) is 46.1 Å². The molecule has 1 nitrogen and oxygen atoms in total. The fourth-order valence-corrected chi connectivity index (χ4v) is 3.19. The summed E-state index contributed by atoms with van der Waals surface area (Å²) < 4.78 is 1.15. The average Bonchev–Trinajstić information content (AvgIpc) is 2.35. The summed E-state index contributed by atoms with van der Waals surface area (Å²) in [6.07, 6.45) is 12.3. The Balaban J connectivity index is 4.34. The number of hydrogen-bond donors (Lipinski definition) is 0. The number of hydrogen-bond acceptors (Lipinski definition) is 0. The van der Waals surface area contributed by atoms with Gasteiger partial charge in [0, 0.05) is 5.92 Å². The van der Waals surface area contributed by atoms with E-state index in [1.807, 2.05) is 0 Å². The van der Waals surface area contributed by atoms with Crippen molar-refractivity contribution < 1.29 is 4.48 Å². The van der Waals surface area contributed by atoms with Crippen molar-refractivity contribution >= 4 is 0 Å². The minimum absolute atomic E-state index is 0.809. The molecule has 0 fully saturated rings. The van der Waals surface area contributed by atoms with Crippen molar-refractivity contribution in [2.75, 3.05) is 26.2 Å². The van der Waals surface area contributed by atoms with Crippen molar-refractivity contribution in [2.24, 2.45) is 5.92 Å². The summed E-state index contributed by atoms with van der Waals surface area (Å²) in [6, 6.07) is 0. The van der Waals surface area contributed by atoms with Crippen LogP contribution in [-0.2, 0) is 0 Å². The van der Waals surface area contributed by atoms with E-state index in [1.165, 1.54) is 51.6 Å². The topological polar surface area (TPSA) is 0 Å². The Morgan fingerprint density at radius 3 is 2.05 bits per heavy atom. The van der Waals surface area contributed by atoms with E-state index in [0.717, 1.165) is 23.5 Å². The number of rotatable bonds is 13. The van der Waals surface area contributed by atoms with Crippen molar-refractivity contribution in [1.82, 2.24) is 0 Å². The highest BCUT2D eigenvalue weighted by Gasteiger charge is 2.25. The second-order valence-corrected chi connectivity index (χ2v) is 6.14. The van der Waals surface area contributed by atoms with Crippen LogP contribution < -0.4 is 0 Å². The smallest absolute Gasteiger partial charge is 0.0973 e. The zero-order chi connectivity index (χ0) is 14.6. The molecule has 0 heterocycles. The van der Waals surface area contributed by atoms with Crippen LogP contribution in [-0.4, -0.2) is 30.7 Å². The molecule has 1 unspecified atom stereocenters. The van der Waals surface area contributed by atoms with Gasteiger partial charge >= 0.3 is 0 Å². The summed E-state index contributed by atoms with van der Waals surface area (Å²) in [4.78, 5) is 0. The van der Waals surface area contributed by atoms with E-state index in [-0.39, 0.29) is 0 Å². The van der Waals surface area contributed by atoms with Gasteiger partial charge in [0.05, 0.1) is 26.2 Å². The molecule has 0 bridgehead atoms. The van der Waals surface area contributed by atoms with Gasteiger partial charge in [-0.15, -0.1) is 0 Å². The first-order valence-electron chi connectivity index (χ1n) is 8.21. The molecule has 0 N–H and O–H groups in total. The molecule has 0 aliphatic heterocycles. The summed E-state index contributed by atoms with van der Waals surface area (Å²) in [5.74, 6) is 0.809. The van der Waals surface area contributed by atoms with Crippen LogP contribution in [0.3, 0.4) is 0 Å². The highest BCUT2D eigenvalue weighted by molar-refractivity contribution is 4.73. The molecule has 0 aliphatic carbocycles. The standard InChI is InChI=1S/C18H36N/c1-6-10-11-12-13-18(5)17-19(14-7-2,15-8-3)16-9-4/h7-8,18H,2-3,6,9-17H2,1,4-5H3/q+1. The Bertz CT molecular complexity index is 222.